The van der Waals surface area contributed by atoms with Gasteiger partial charge < -0.3 is 15.8 Å². The van der Waals surface area contributed by atoms with Crippen LogP contribution in [-0.4, -0.2) is 56.2 Å². The minimum atomic E-state index is -0.244. The smallest absolute Gasteiger partial charge is 0.221 e. The van der Waals surface area contributed by atoms with Gasteiger partial charge >= 0.3 is 0 Å². The van der Waals surface area contributed by atoms with Crippen molar-refractivity contribution in [2.45, 2.75) is 19.9 Å². The number of rotatable bonds is 6. The fourth-order valence-corrected chi connectivity index (χ4v) is 1.71. The van der Waals surface area contributed by atoms with Gasteiger partial charge in [0.1, 0.15) is 0 Å². The Bertz CT molecular complexity index is 217. The molecule has 5 nitrogen and oxygen atoms in total. The Morgan fingerprint density at radius 3 is 2.62 bits per heavy atom. The quantitative estimate of drug-likeness (QED) is 0.639. The van der Waals surface area contributed by atoms with Crippen LogP contribution in [0, 0.1) is 5.92 Å². The lowest BCUT2D eigenvalue weighted by molar-refractivity contribution is -0.121. The van der Waals surface area contributed by atoms with Gasteiger partial charge in [0, 0.05) is 38.1 Å². The molecule has 0 bridgehead atoms. The molecule has 0 aromatic rings. The molecule has 1 aliphatic heterocycles. The molecule has 5 heteroatoms. The predicted octanol–water partition coefficient (Wildman–Crippen LogP) is -0.582. The molecule has 0 saturated carbocycles. The van der Waals surface area contributed by atoms with E-state index in [1.165, 1.54) is 0 Å². The minimum Gasteiger partial charge on any atom is -0.379 e. The standard InChI is InChI=1S/C11H23N3O2/c1-9(11(12)15)7-13-10(2)8-14-3-5-16-6-4-14/h9-10,13H,3-8H2,1-2H3,(H2,12,15). The molecule has 1 amide bonds. The van der Waals surface area contributed by atoms with E-state index in [1.807, 2.05) is 6.92 Å². The topological polar surface area (TPSA) is 67.6 Å². The van der Waals surface area contributed by atoms with Crippen LogP contribution in [0.4, 0.5) is 0 Å². The summed E-state index contributed by atoms with van der Waals surface area (Å²) in [6.07, 6.45) is 0. The van der Waals surface area contributed by atoms with Gasteiger partial charge in [-0.25, -0.2) is 0 Å². The van der Waals surface area contributed by atoms with Crippen LogP contribution in [0.5, 0.6) is 0 Å². The summed E-state index contributed by atoms with van der Waals surface area (Å²) in [7, 11) is 0. The highest BCUT2D eigenvalue weighted by Gasteiger charge is 2.15. The molecule has 0 aliphatic carbocycles. The fourth-order valence-electron chi connectivity index (χ4n) is 1.71. The molecular formula is C11H23N3O2. The highest BCUT2D eigenvalue weighted by atomic mass is 16.5. The zero-order valence-corrected chi connectivity index (χ0v) is 10.2. The number of hydrogen-bond acceptors (Lipinski definition) is 4. The van der Waals surface area contributed by atoms with Gasteiger partial charge in [-0.2, -0.15) is 0 Å². The largest absolute Gasteiger partial charge is 0.379 e. The third-order valence-corrected chi connectivity index (χ3v) is 2.89. The highest BCUT2D eigenvalue weighted by Crippen LogP contribution is 1.99. The number of amides is 1. The normalized spacial score (nSPS) is 21.6. The SMILES string of the molecule is CC(CN1CCOCC1)NCC(C)C(N)=O. The number of nitrogens with one attached hydrogen (secondary N) is 1. The molecule has 0 aromatic heterocycles. The molecule has 16 heavy (non-hydrogen) atoms. The van der Waals surface area contributed by atoms with Crippen molar-refractivity contribution in [1.82, 2.24) is 10.2 Å². The summed E-state index contributed by atoms with van der Waals surface area (Å²) in [5.74, 6) is -0.349. The molecule has 0 spiro atoms. The lowest BCUT2D eigenvalue weighted by atomic mass is 10.1. The van der Waals surface area contributed by atoms with Crippen molar-refractivity contribution >= 4 is 5.91 Å². The van der Waals surface area contributed by atoms with Crippen molar-refractivity contribution in [3.63, 3.8) is 0 Å². The second kappa shape index (κ2) is 6.83. The first-order chi connectivity index (χ1) is 7.59. The summed E-state index contributed by atoms with van der Waals surface area (Å²) >= 11 is 0. The molecule has 1 rings (SSSR count). The molecule has 1 aliphatic rings. The molecular weight excluding hydrogens is 206 g/mol. The zero-order valence-electron chi connectivity index (χ0n) is 10.2. The van der Waals surface area contributed by atoms with E-state index in [9.17, 15) is 4.79 Å². The Labute approximate surface area is 97.3 Å². The van der Waals surface area contributed by atoms with Crippen LogP contribution < -0.4 is 11.1 Å². The van der Waals surface area contributed by atoms with Gasteiger partial charge in [0.2, 0.25) is 5.91 Å². The molecule has 2 unspecified atom stereocenters. The number of carbonyl (C=O) groups is 1. The van der Waals surface area contributed by atoms with Crippen LogP contribution in [0.2, 0.25) is 0 Å². The van der Waals surface area contributed by atoms with E-state index in [-0.39, 0.29) is 11.8 Å². The van der Waals surface area contributed by atoms with Gasteiger partial charge in [0.25, 0.3) is 0 Å². The van der Waals surface area contributed by atoms with Crippen molar-refractivity contribution in [2.24, 2.45) is 11.7 Å². The fraction of sp³-hybridized carbons (Fsp3) is 0.909. The number of nitrogens with two attached hydrogens (primary N) is 1. The number of nitrogens with zero attached hydrogens (tertiary/aromatic N) is 1. The van der Waals surface area contributed by atoms with E-state index in [1.54, 1.807) is 0 Å². The Kier molecular flexibility index (Phi) is 5.73. The minimum absolute atomic E-state index is 0.105. The van der Waals surface area contributed by atoms with E-state index >= 15 is 0 Å². The molecule has 2 atom stereocenters. The van der Waals surface area contributed by atoms with E-state index < -0.39 is 0 Å². The average molecular weight is 229 g/mol. The first-order valence-corrected chi connectivity index (χ1v) is 5.92. The lowest BCUT2D eigenvalue weighted by Gasteiger charge is -2.29. The second-order valence-electron chi connectivity index (χ2n) is 4.53. The Morgan fingerprint density at radius 1 is 1.44 bits per heavy atom. The molecule has 1 fully saturated rings. The number of primary amides is 1. The first kappa shape index (κ1) is 13.4. The first-order valence-electron chi connectivity index (χ1n) is 5.92. The summed E-state index contributed by atoms with van der Waals surface area (Å²) < 4.78 is 5.29. The van der Waals surface area contributed by atoms with Gasteiger partial charge in [-0.3, -0.25) is 9.69 Å². The number of carbonyl (C=O) groups excluding carboxylic acids is 1. The van der Waals surface area contributed by atoms with Crippen molar-refractivity contribution in [3.8, 4) is 0 Å². The van der Waals surface area contributed by atoms with Crippen LogP contribution in [0.3, 0.4) is 0 Å². The molecule has 1 saturated heterocycles. The summed E-state index contributed by atoms with van der Waals surface area (Å²) in [6.45, 7) is 9.26. The third kappa shape index (κ3) is 4.92. The molecule has 1 heterocycles. The van der Waals surface area contributed by atoms with Crippen molar-refractivity contribution in [1.29, 1.82) is 0 Å². The summed E-state index contributed by atoms with van der Waals surface area (Å²) in [6, 6.07) is 0.375. The van der Waals surface area contributed by atoms with Crippen molar-refractivity contribution in [2.75, 3.05) is 39.4 Å². The van der Waals surface area contributed by atoms with E-state index in [4.69, 9.17) is 10.5 Å². The Hall–Kier alpha value is -0.650. The van der Waals surface area contributed by atoms with Crippen LogP contribution in [-0.2, 0) is 9.53 Å². The third-order valence-electron chi connectivity index (χ3n) is 2.89. The zero-order chi connectivity index (χ0) is 12.0. The summed E-state index contributed by atoms with van der Waals surface area (Å²) in [5, 5.41) is 3.33. The van der Waals surface area contributed by atoms with Gasteiger partial charge in [-0.05, 0) is 6.92 Å². The van der Waals surface area contributed by atoms with Crippen LogP contribution in [0.15, 0.2) is 0 Å². The van der Waals surface area contributed by atoms with Gasteiger partial charge in [-0.1, -0.05) is 6.92 Å². The number of ether oxygens (including phenoxy) is 1. The van der Waals surface area contributed by atoms with Gasteiger partial charge in [0.05, 0.1) is 13.2 Å². The van der Waals surface area contributed by atoms with Crippen LogP contribution >= 0.6 is 0 Å². The summed E-state index contributed by atoms with van der Waals surface area (Å²) in [4.78, 5) is 13.2. The number of morpholine rings is 1. The van der Waals surface area contributed by atoms with E-state index in [0.717, 1.165) is 32.8 Å². The molecule has 0 aromatic carbocycles. The highest BCUT2D eigenvalue weighted by molar-refractivity contribution is 5.76. The van der Waals surface area contributed by atoms with E-state index in [0.29, 0.717) is 12.6 Å². The van der Waals surface area contributed by atoms with Crippen LogP contribution in [0.25, 0.3) is 0 Å². The van der Waals surface area contributed by atoms with Crippen molar-refractivity contribution < 1.29 is 9.53 Å². The predicted molar refractivity (Wildman–Crippen MR) is 63.1 cm³/mol. The average Bonchev–Trinajstić information content (AvgIpc) is 2.27. The second-order valence-corrected chi connectivity index (χ2v) is 4.53. The lowest BCUT2D eigenvalue weighted by Crippen LogP contribution is -2.46. The van der Waals surface area contributed by atoms with Gasteiger partial charge in [-0.15, -0.1) is 0 Å². The maximum atomic E-state index is 10.9. The monoisotopic (exact) mass is 229 g/mol. The Balaban J connectivity index is 2.14. The van der Waals surface area contributed by atoms with Crippen molar-refractivity contribution in [3.05, 3.63) is 0 Å². The molecule has 0 radical (unpaired) electrons. The molecule has 3 N–H and O–H groups in total. The maximum Gasteiger partial charge on any atom is 0.221 e. The van der Waals surface area contributed by atoms with Gasteiger partial charge in [0.15, 0.2) is 0 Å². The van der Waals surface area contributed by atoms with E-state index in [2.05, 4.69) is 17.1 Å². The molecule has 94 valence electrons. The Morgan fingerprint density at radius 2 is 2.06 bits per heavy atom. The number of hydrogen-bond donors (Lipinski definition) is 2. The van der Waals surface area contributed by atoms with Crippen LogP contribution in [0.1, 0.15) is 13.8 Å². The maximum absolute atomic E-state index is 10.9. The summed E-state index contributed by atoms with van der Waals surface area (Å²) in [5.41, 5.74) is 5.20.